The molecule has 0 fully saturated rings. The van der Waals surface area contributed by atoms with Crippen LogP contribution < -0.4 is 4.74 Å². The number of hydrogen-bond acceptors (Lipinski definition) is 4. The van der Waals surface area contributed by atoms with Crippen LogP contribution >= 0.6 is 11.6 Å². The number of halogens is 1. The van der Waals surface area contributed by atoms with Gasteiger partial charge in [-0.2, -0.15) is 0 Å². The number of rotatable bonds is 5. The molecular weight excluding hydrogens is 294 g/mol. The lowest BCUT2D eigenvalue weighted by Gasteiger charge is -2.14. The fourth-order valence-electron chi connectivity index (χ4n) is 1.89. The van der Waals surface area contributed by atoms with Crippen LogP contribution in [0.15, 0.2) is 42.5 Å². The Morgan fingerprint density at radius 3 is 2.67 bits per heavy atom. The van der Waals surface area contributed by atoms with Crippen LogP contribution in [0.2, 0.25) is 5.02 Å². The third-order valence-corrected chi connectivity index (χ3v) is 3.31. The second-order valence-corrected chi connectivity index (χ2v) is 4.84. The lowest BCUT2D eigenvalue weighted by atomic mass is 10.1. The van der Waals surface area contributed by atoms with E-state index in [9.17, 15) is 15.2 Å². The number of benzene rings is 2. The van der Waals surface area contributed by atoms with Crippen LogP contribution in [0, 0.1) is 10.1 Å². The second kappa shape index (κ2) is 6.56. The predicted octanol–water partition coefficient (Wildman–Crippen LogP) is 4.48. The number of nitro groups is 1. The highest BCUT2D eigenvalue weighted by Crippen LogP contribution is 2.34. The minimum absolute atomic E-state index is 0.00558. The summed E-state index contributed by atoms with van der Waals surface area (Å²) < 4.78 is 5.68. The summed E-state index contributed by atoms with van der Waals surface area (Å²) in [5.41, 5.74) is 0.486. The van der Waals surface area contributed by atoms with E-state index in [1.807, 2.05) is 13.0 Å². The first-order valence-electron chi connectivity index (χ1n) is 6.41. The van der Waals surface area contributed by atoms with Gasteiger partial charge in [-0.15, -0.1) is 0 Å². The van der Waals surface area contributed by atoms with Crippen molar-refractivity contribution in [1.82, 2.24) is 0 Å². The number of aliphatic hydroxyl groups excluding tert-OH is 1. The fraction of sp³-hybridized carbons (Fsp3) is 0.200. The molecule has 0 aromatic heterocycles. The van der Waals surface area contributed by atoms with E-state index in [4.69, 9.17) is 16.3 Å². The topological polar surface area (TPSA) is 72.6 Å². The van der Waals surface area contributed by atoms with Crippen LogP contribution in [0.4, 0.5) is 5.69 Å². The third-order valence-electron chi connectivity index (χ3n) is 3.01. The Labute approximate surface area is 126 Å². The van der Waals surface area contributed by atoms with Gasteiger partial charge in [0.15, 0.2) is 0 Å². The molecule has 0 bridgehead atoms. The number of aliphatic hydroxyl groups is 1. The number of ether oxygens (including phenoxy) is 1. The summed E-state index contributed by atoms with van der Waals surface area (Å²) in [5, 5.41) is 20.7. The molecule has 110 valence electrons. The number of nitrogens with zero attached hydrogens (tertiary/aromatic N) is 1. The first kappa shape index (κ1) is 15.3. The molecule has 2 aromatic rings. The van der Waals surface area contributed by atoms with Crippen molar-refractivity contribution in [2.45, 2.75) is 19.4 Å². The highest BCUT2D eigenvalue weighted by atomic mass is 35.5. The summed E-state index contributed by atoms with van der Waals surface area (Å²) in [6.45, 7) is 1.87. The summed E-state index contributed by atoms with van der Waals surface area (Å²) in [6, 6.07) is 11.2. The molecule has 0 aliphatic rings. The maximum atomic E-state index is 10.7. The third kappa shape index (κ3) is 3.51. The van der Waals surface area contributed by atoms with Crippen LogP contribution in [0.1, 0.15) is 25.0 Å². The van der Waals surface area contributed by atoms with Crippen LogP contribution in [0.5, 0.6) is 11.5 Å². The van der Waals surface area contributed by atoms with Crippen LogP contribution in [0.25, 0.3) is 0 Å². The zero-order valence-corrected chi connectivity index (χ0v) is 12.1. The summed E-state index contributed by atoms with van der Waals surface area (Å²) in [7, 11) is 0. The van der Waals surface area contributed by atoms with Crippen LogP contribution in [-0.2, 0) is 0 Å². The van der Waals surface area contributed by atoms with E-state index in [1.165, 1.54) is 18.2 Å². The van der Waals surface area contributed by atoms with Crippen molar-refractivity contribution < 1.29 is 14.8 Å². The Morgan fingerprint density at radius 1 is 1.33 bits per heavy atom. The van der Waals surface area contributed by atoms with Gasteiger partial charge in [0, 0.05) is 17.7 Å². The second-order valence-electron chi connectivity index (χ2n) is 4.43. The molecule has 1 atom stereocenters. The van der Waals surface area contributed by atoms with Crippen LogP contribution in [0.3, 0.4) is 0 Å². The van der Waals surface area contributed by atoms with Crippen molar-refractivity contribution in [2.75, 3.05) is 0 Å². The molecule has 0 spiro atoms. The van der Waals surface area contributed by atoms with Gasteiger partial charge in [-0.1, -0.05) is 36.7 Å². The van der Waals surface area contributed by atoms with Gasteiger partial charge in [-0.3, -0.25) is 10.1 Å². The summed E-state index contributed by atoms with van der Waals surface area (Å²) in [4.78, 5) is 10.2. The predicted molar refractivity (Wildman–Crippen MR) is 79.9 cm³/mol. The standard InChI is InChI=1S/C15H14ClNO4/c1-2-14(18)11-5-3-4-6-15(11)21-10-7-8-13(17(19)20)12(16)9-10/h3-9,14,18H,2H2,1H3. The molecule has 0 saturated carbocycles. The van der Waals surface area contributed by atoms with E-state index in [0.29, 0.717) is 23.5 Å². The molecule has 1 N–H and O–H groups in total. The van der Waals surface area contributed by atoms with Crippen LogP contribution in [-0.4, -0.2) is 10.0 Å². The molecule has 0 aliphatic carbocycles. The molecule has 0 radical (unpaired) electrons. The van der Waals surface area contributed by atoms with Gasteiger partial charge < -0.3 is 9.84 Å². The molecule has 1 unspecified atom stereocenters. The number of hydrogen-bond donors (Lipinski definition) is 1. The van der Waals surface area contributed by atoms with Crippen molar-refractivity contribution in [1.29, 1.82) is 0 Å². The largest absolute Gasteiger partial charge is 0.457 e. The van der Waals surface area contributed by atoms with Gasteiger partial charge in [-0.05, 0) is 18.6 Å². The Balaban J connectivity index is 2.31. The minimum atomic E-state index is -0.630. The molecule has 0 saturated heterocycles. The molecule has 21 heavy (non-hydrogen) atoms. The molecule has 0 aliphatic heterocycles. The zero-order valence-electron chi connectivity index (χ0n) is 11.3. The maximum Gasteiger partial charge on any atom is 0.288 e. The zero-order chi connectivity index (χ0) is 15.4. The first-order chi connectivity index (χ1) is 10.0. The minimum Gasteiger partial charge on any atom is -0.457 e. The lowest BCUT2D eigenvalue weighted by Crippen LogP contribution is -1.98. The monoisotopic (exact) mass is 307 g/mol. The first-order valence-corrected chi connectivity index (χ1v) is 6.79. The highest BCUT2D eigenvalue weighted by Gasteiger charge is 2.15. The number of nitro benzene ring substituents is 1. The summed E-state index contributed by atoms with van der Waals surface area (Å²) in [5.74, 6) is 0.873. The molecule has 2 aromatic carbocycles. The normalized spacial score (nSPS) is 12.0. The average Bonchev–Trinajstić information content (AvgIpc) is 2.46. The van der Waals surface area contributed by atoms with Crippen molar-refractivity contribution in [3.63, 3.8) is 0 Å². The van der Waals surface area contributed by atoms with Gasteiger partial charge in [0.2, 0.25) is 0 Å². The van der Waals surface area contributed by atoms with E-state index in [0.717, 1.165) is 0 Å². The molecule has 6 heteroatoms. The molecule has 2 rings (SSSR count). The van der Waals surface area contributed by atoms with Gasteiger partial charge in [0.1, 0.15) is 16.5 Å². The van der Waals surface area contributed by atoms with E-state index in [-0.39, 0.29) is 10.7 Å². The van der Waals surface area contributed by atoms with Crippen molar-refractivity contribution in [2.24, 2.45) is 0 Å². The summed E-state index contributed by atoms with van der Waals surface area (Å²) in [6.07, 6.45) is -0.0730. The van der Waals surface area contributed by atoms with E-state index in [1.54, 1.807) is 18.2 Å². The van der Waals surface area contributed by atoms with Gasteiger partial charge >= 0.3 is 0 Å². The average molecular weight is 308 g/mol. The molecule has 5 nitrogen and oxygen atoms in total. The van der Waals surface area contributed by atoms with Gasteiger partial charge in [0.05, 0.1) is 11.0 Å². The van der Waals surface area contributed by atoms with Crippen molar-refractivity contribution in [3.05, 3.63) is 63.2 Å². The maximum absolute atomic E-state index is 10.7. The SMILES string of the molecule is CCC(O)c1ccccc1Oc1ccc([N+](=O)[O-])c(Cl)c1. The highest BCUT2D eigenvalue weighted by molar-refractivity contribution is 6.32. The van der Waals surface area contributed by atoms with E-state index < -0.39 is 11.0 Å². The quantitative estimate of drug-likeness (QED) is 0.652. The van der Waals surface area contributed by atoms with Crippen molar-refractivity contribution in [3.8, 4) is 11.5 Å². The molecule has 0 heterocycles. The fourth-order valence-corrected chi connectivity index (χ4v) is 2.13. The molecular formula is C15H14ClNO4. The smallest absolute Gasteiger partial charge is 0.288 e. The van der Waals surface area contributed by atoms with E-state index >= 15 is 0 Å². The molecule has 0 amide bonds. The van der Waals surface area contributed by atoms with Gasteiger partial charge in [0.25, 0.3) is 5.69 Å². The summed E-state index contributed by atoms with van der Waals surface area (Å²) >= 11 is 5.85. The number of para-hydroxylation sites is 1. The van der Waals surface area contributed by atoms with Gasteiger partial charge in [-0.25, -0.2) is 0 Å². The van der Waals surface area contributed by atoms with Crippen molar-refractivity contribution >= 4 is 17.3 Å². The van der Waals surface area contributed by atoms with E-state index in [2.05, 4.69) is 0 Å². The Hall–Kier alpha value is -2.11. The lowest BCUT2D eigenvalue weighted by molar-refractivity contribution is -0.384. The Morgan fingerprint density at radius 2 is 2.05 bits per heavy atom. The Bertz CT molecular complexity index is 660. The Kier molecular flexibility index (Phi) is 4.77.